The Hall–Kier alpha value is -2.29. The molecule has 0 unspecified atom stereocenters. The van der Waals surface area contributed by atoms with Crippen LogP contribution in [0.1, 0.15) is 21.8 Å². The van der Waals surface area contributed by atoms with Crippen molar-refractivity contribution in [2.24, 2.45) is 4.99 Å². The number of aryl methyl sites for hydroxylation is 1. The molecular weight excluding hydrogens is 363 g/mol. The molecule has 0 aliphatic carbocycles. The fraction of sp³-hybridized carbons (Fsp3) is 0.412. The van der Waals surface area contributed by atoms with E-state index in [1.165, 1.54) is 0 Å². The van der Waals surface area contributed by atoms with Crippen LogP contribution in [0.4, 0.5) is 18.9 Å². The van der Waals surface area contributed by atoms with Crippen molar-refractivity contribution in [3.05, 3.63) is 45.4 Å². The monoisotopic (exact) mass is 385 g/mol. The molecule has 2 N–H and O–H groups in total. The van der Waals surface area contributed by atoms with Crippen LogP contribution in [0, 0.1) is 6.92 Å². The van der Waals surface area contributed by atoms with E-state index in [1.807, 2.05) is 38.1 Å². The lowest BCUT2D eigenvalue weighted by Crippen LogP contribution is -2.36. The standard InChI is InChI=1S/C17H22F3N5S/c1-11-7-13(25(3)4)6-5-12(11)8-22-16(21-2)23-9-15-24-14(10-26-15)17(18,19)20/h5-7,10H,8-9H2,1-4H3,(H2,21,22,23). The number of anilines is 1. The second-order valence-corrected chi connectivity index (χ2v) is 6.85. The normalized spacial score (nSPS) is 12.2. The summed E-state index contributed by atoms with van der Waals surface area (Å²) in [6.07, 6.45) is -4.41. The molecule has 0 aliphatic heterocycles. The number of hydrogen-bond acceptors (Lipinski definition) is 4. The third kappa shape index (κ3) is 5.35. The summed E-state index contributed by atoms with van der Waals surface area (Å²) in [5, 5.41) is 7.51. The van der Waals surface area contributed by atoms with E-state index in [4.69, 9.17) is 0 Å². The molecule has 1 aromatic heterocycles. The predicted octanol–water partition coefficient (Wildman–Crippen LogP) is 3.40. The first-order valence-electron chi connectivity index (χ1n) is 7.93. The molecule has 2 aromatic rings. The largest absolute Gasteiger partial charge is 0.434 e. The summed E-state index contributed by atoms with van der Waals surface area (Å²) in [6.45, 7) is 2.78. The molecule has 0 saturated carbocycles. The second kappa shape index (κ2) is 8.39. The van der Waals surface area contributed by atoms with Gasteiger partial charge in [0, 0.05) is 38.8 Å². The van der Waals surface area contributed by atoms with Crippen molar-refractivity contribution in [1.82, 2.24) is 15.6 Å². The third-order valence-electron chi connectivity index (χ3n) is 3.76. The van der Waals surface area contributed by atoms with Crippen molar-refractivity contribution >= 4 is 23.0 Å². The molecule has 0 radical (unpaired) electrons. The average Bonchev–Trinajstić information content (AvgIpc) is 3.05. The highest BCUT2D eigenvalue weighted by molar-refractivity contribution is 7.09. The van der Waals surface area contributed by atoms with Gasteiger partial charge in [0.05, 0.1) is 6.54 Å². The summed E-state index contributed by atoms with van der Waals surface area (Å²) in [6, 6.07) is 6.18. The molecule has 0 fully saturated rings. The minimum absolute atomic E-state index is 0.180. The van der Waals surface area contributed by atoms with Gasteiger partial charge in [-0.15, -0.1) is 11.3 Å². The van der Waals surface area contributed by atoms with Gasteiger partial charge >= 0.3 is 6.18 Å². The number of aliphatic imine (C=N–C) groups is 1. The van der Waals surface area contributed by atoms with E-state index in [1.54, 1.807) is 7.05 Å². The fourth-order valence-corrected chi connectivity index (χ4v) is 2.98. The molecule has 0 spiro atoms. The van der Waals surface area contributed by atoms with E-state index in [9.17, 15) is 13.2 Å². The van der Waals surface area contributed by atoms with E-state index in [0.717, 1.165) is 33.5 Å². The summed E-state index contributed by atoms with van der Waals surface area (Å²) in [5.74, 6) is 0.504. The number of hydrogen-bond donors (Lipinski definition) is 2. The van der Waals surface area contributed by atoms with Crippen LogP contribution in [0.15, 0.2) is 28.6 Å². The van der Waals surface area contributed by atoms with Crippen molar-refractivity contribution in [3.63, 3.8) is 0 Å². The minimum Gasteiger partial charge on any atom is -0.378 e. The van der Waals surface area contributed by atoms with Crippen molar-refractivity contribution in [2.75, 3.05) is 26.0 Å². The number of nitrogens with one attached hydrogen (secondary N) is 2. The Balaban J connectivity index is 1.91. The molecule has 0 bridgehead atoms. The first-order chi connectivity index (χ1) is 12.2. The minimum atomic E-state index is -4.41. The maximum Gasteiger partial charge on any atom is 0.434 e. The molecule has 2 rings (SSSR count). The lowest BCUT2D eigenvalue weighted by Gasteiger charge is -2.16. The molecule has 26 heavy (non-hydrogen) atoms. The van der Waals surface area contributed by atoms with Gasteiger partial charge in [-0.1, -0.05) is 6.07 Å². The topological polar surface area (TPSA) is 52.6 Å². The molecule has 5 nitrogen and oxygen atoms in total. The zero-order valence-corrected chi connectivity index (χ0v) is 15.9. The summed E-state index contributed by atoms with van der Waals surface area (Å²) >= 11 is 0.969. The second-order valence-electron chi connectivity index (χ2n) is 5.91. The van der Waals surface area contributed by atoms with Crippen LogP contribution in [-0.2, 0) is 19.3 Å². The fourth-order valence-electron chi connectivity index (χ4n) is 2.24. The van der Waals surface area contributed by atoms with Crippen LogP contribution in [0.3, 0.4) is 0 Å². The number of rotatable bonds is 5. The van der Waals surface area contributed by atoms with Gasteiger partial charge in [-0.05, 0) is 30.2 Å². The molecule has 0 atom stereocenters. The zero-order chi connectivity index (χ0) is 19.3. The smallest absolute Gasteiger partial charge is 0.378 e. The molecule has 0 amide bonds. The van der Waals surface area contributed by atoms with E-state index >= 15 is 0 Å². The number of benzene rings is 1. The Kier molecular flexibility index (Phi) is 6.47. The first-order valence-corrected chi connectivity index (χ1v) is 8.81. The highest BCUT2D eigenvalue weighted by Gasteiger charge is 2.33. The van der Waals surface area contributed by atoms with Crippen LogP contribution < -0.4 is 15.5 Å². The van der Waals surface area contributed by atoms with Crippen molar-refractivity contribution in [3.8, 4) is 0 Å². The van der Waals surface area contributed by atoms with Gasteiger partial charge in [-0.2, -0.15) is 13.2 Å². The average molecular weight is 385 g/mol. The highest BCUT2D eigenvalue weighted by atomic mass is 32.1. The zero-order valence-electron chi connectivity index (χ0n) is 15.1. The number of guanidine groups is 1. The quantitative estimate of drug-likeness (QED) is 0.612. The van der Waals surface area contributed by atoms with Gasteiger partial charge in [0.1, 0.15) is 5.01 Å². The number of nitrogens with zero attached hydrogens (tertiary/aromatic N) is 3. The molecule has 1 aromatic carbocycles. The van der Waals surface area contributed by atoms with E-state index in [0.29, 0.717) is 17.5 Å². The van der Waals surface area contributed by atoms with Crippen LogP contribution >= 0.6 is 11.3 Å². The van der Waals surface area contributed by atoms with E-state index in [2.05, 4.69) is 26.7 Å². The Morgan fingerprint density at radius 1 is 1.23 bits per heavy atom. The van der Waals surface area contributed by atoms with Crippen molar-refractivity contribution < 1.29 is 13.2 Å². The number of aromatic nitrogens is 1. The first kappa shape index (κ1) is 20.0. The van der Waals surface area contributed by atoms with E-state index < -0.39 is 11.9 Å². The number of halogens is 3. The maximum absolute atomic E-state index is 12.6. The van der Waals surface area contributed by atoms with Gasteiger partial charge in [0.2, 0.25) is 0 Å². The van der Waals surface area contributed by atoms with Crippen LogP contribution in [-0.4, -0.2) is 32.1 Å². The van der Waals surface area contributed by atoms with Crippen LogP contribution in [0.2, 0.25) is 0 Å². The van der Waals surface area contributed by atoms with Gasteiger partial charge in [-0.25, -0.2) is 4.98 Å². The van der Waals surface area contributed by atoms with E-state index in [-0.39, 0.29) is 6.54 Å². The lowest BCUT2D eigenvalue weighted by atomic mass is 10.1. The molecule has 142 valence electrons. The van der Waals surface area contributed by atoms with Crippen LogP contribution in [0.5, 0.6) is 0 Å². The number of alkyl halides is 3. The Bertz CT molecular complexity index is 768. The lowest BCUT2D eigenvalue weighted by molar-refractivity contribution is -0.140. The molecule has 0 saturated heterocycles. The number of thiazole rings is 1. The maximum atomic E-state index is 12.6. The SMILES string of the molecule is CN=C(NCc1nc(C(F)(F)F)cs1)NCc1ccc(N(C)C)cc1C. The summed E-state index contributed by atoms with van der Waals surface area (Å²) in [4.78, 5) is 9.72. The Morgan fingerprint density at radius 2 is 1.92 bits per heavy atom. The summed E-state index contributed by atoms with van der Waals surface area (Å²) < 4.78 is 37.7. The van der Waals surface area contributed by atoms with Gasteiger partial charge in [-0.3, -0.25) is 4.99 Å². The highest BCUT2D eigenvalue weighted by Crippen LogP contribution is 2.29. The molecule has 9 heteroatoms. The predicted molar refractivity (Wildman–Crippen MR) is 99.7 cm³/mol. The van der Waals surface area contributed by atoms with Crippen molar-refractivity contribution in [2.45, 2.75) is 26.2 Å². The van der Waals surface area contributed by atoms with Gasteiger partial charge in [0.25, 0.3) is 0 Å². The molecule has 0 aliphatic rings. The molecule has 1 heterocycles. The van der Waals surface area contributed by atoms with Gasteiger partial charge in [0.15, 0.2) is 11.7 Å². The third-order valence-corrected chi connectivity index (χ3v) is 4.61. The summed E-state index contributed by atoms with van der Waals surface area (Å²) in [7, 11) is 5.59. The Morgan fingerprint density at radius 3 is 2.46 bits per heavy atom. The summed E-state index contributed by atoms with van der Waals surface area (Å²) in [5.41, 5.74) is 2.53. The van der Waals surface area contributed by atoms with Crippen molar-refractivity contribution in [1.29, 1.82) is 0 Å². The molecular formula is C17H22F3N5S. The van der Waals surface area contributed by atoms with Gasteiger partial charge < -0.3 is 15.5 Å². The Labute approximate surface area is 155 Å². The van der Waals surface area contributed by atoms with Crippen LogP contribution in [0.25, 0.3) is 0 Å².